The number of carbonyl (C=O) groups is 1. The Bertz CT molecular complexity index is 1390. The number of aryl methyl sites for hydroxylation is 1. The van der Waals surface area contributed by atoms with Crippen LogP contribution < -0.4 is 10.1 Å². The molecule has 32 heavy (non-hydrogen) atoms. The number of nitrogens with one attached hydrogen (secondary N) is 1. The van der Waals surface area contributed by atoms with E-state index in [0.29, 0.717) is 21.3 Å². The van der Waals surface area contributed by atoms with E-state index in [4.69, 9.17) is 16.3 Å². The Morgan fingerprint density at radius 1 is 0.969 bits per heavy atom. The van der Waals surface area contributed by atoms with Crippen LogP contribution in [0.2, 0.25) is 5.02 Å². The van der Waals surface area contributed by atoms with Crippen LogP contribution in [-0.4, -0.2) is 15.7 Å². The molecule has 0 aliphatic rings. The van der Waals surface area contributed by atoms with Crippen LogP contribution in [0.4, 0.5) is 5.69 Å². The smallest absolute Gasteiger partial charge is 0.265 e. The summed E-state index contributed by atoms with van der Waals surface area (Å²) in [7, 11) is 1.88. The fraction of sp³-hybridized carbons (Fsp3) is 0.0400. The maximum atomic E-state index is 12.9. The molecule has 5 nitrogen and oxygen atoms in total. The normalized spacial score (nSPS) is 10.9. The van der Waals surface area contributed by atoms with E-state index in [-0.39, 0.29) is 5.91 Å². The monoisotopic (exact) mass is 459 g/mol. The van der Waals surface area contributed by atoms with Gasteiger partial charge in [0, 0.05) is 28.7 Å². The second-order valence-electron chi connectivity index (χ2n) is 7.20. The number of ether oxygens (including phenoxy) is 1. The van der Waals surface area contributed by atoms with Gasteiger partial charge in [-0.2, -0.15) is 5.10 Å². The fourth-order valence-electron chi connectivity index (χ4n) is 3.40. The Morgan fingerprint density at radius 2 is 1.66 bits per heavy atom. The molecule has 0 saturated carbocycles. The minimum atomic E-state index is -0.162. The quantitative estimate of drug-likeness (QED) is 0.308. The number of rotatable bonds is 5. The van der Waals surface area contributed by atoms with Crippen LogP contribution in [0.25, 0.3) is 21.5 Å². The Kier molecular flexibility index (Phi) is 5.39. The van der Waals surface area contributed by atoms with Crippen molar-refractivity contribution in [1.29, 1.82) is 0 Å². The number of aromatic nitrogens is 2. The summed E-state index contributed by atoms with van der Waals surface area (Å²) < 4.78 is 7.60. The molecule has 0 fully saturated rings. The number of fused-ring (bicyclic) bond motifs is 1. The van der Waals surface area contributed by atoms with Crippen molar-refractivity contribution in [3.8, 4) is 22.8 Å². The number of hydrogen-bond acceptors (Lipinski definition) is 4. The summed E-state index contributed by atoms with van der Waals surface area (Å²) >= 11 is 7.42. The van der Waals surface area contributed by atoms with Gasteiger partial charge in [-0.25, -0.2) is 0 Å². The molecular formula is C25H18ClN3O2S. The van der Waals surface area contributed by atoms with Gasteiger partial charge < -0.3 is 10.1 Å². The first-order chi connectivity index (χ1) is 15.6. The first-order valence-electron chi connectivity index (χ1n) is 9.93. The molecule has 0 unspecified atom stereocenters. The molecule has 0 bridgehead atoms. The first-order valence-corrected chi connectivity index (χ1v) is 11.1. The van der Waals surface area contributed by atoms with Crippen LogP contribution in [0.5, 0.6) is 11.5 Å². The summed E-state index contributed by atoms with van der Waals surface area (Å²) in [6, 6.07) is 26.3. The largest absolute Gasteiger partial charge is 0.457 e. The van der Waals surface area contributed by atoms with Crippen LogP contribution in [0.15, 0.2) is 84.9 Å². The highest BCUT2D eigenvalue weighted by atomic mass is 35.5. The van der Waals surface area contributed by atoms with Gasteiger partial charge in [-0.1, -0.05) is 41.9 Å². The minimum absolute atomic E-state index is 0.162. The lowest BCUT2D eigenvalue weighted by Crippen LogP contribution is -2.09. The SMILES string of the molecule is Cn1nc(-c2ccc(Cl)cc2)c2cc(C(=O)Nc3ccc(Oc4ccccc4)cc3)sc21. The molecule has 0 aliphatic heterocycles. The van der Waals surface area contributed by atoms with Crippen LogP contribution >= 0.6 is 22.9 Å². The number of para-hydroxylation sites is 1. The summed E-state index contributed by atoms with van der Waals surface area (Å²) in [5, 5.41) is 9.19. The van der Waals surface area contributed by atoms with Gasteiger partial charge in [-0.3, -0.25) is 9.48 Å². The molecule has 1 amide bonds. The third kappa shape index (κ3) is 4.10. The summed E-state index contributed by atoms with van der Waals surface area (Å²) in [5.74, 6) is 1.30. The van der Waals surface area contributed by atoms with Crippen LogP contribution in [-0.2, 0) is 7.05 Å². The summed E-state index contributed by atoms with van der Waals surface area (Å²) in [6.07, 6.45) is 0. The van der Waals surface area contributed by atoms with E-state index in [2.05, 4.69) is 10.4 Å². The number of anilines is 1. The highest BCUT2D eigenvalue weighted by Gasteiger charge is 2.18. The van der Waals surface area contributed by atoms with Gasteiger partial charge in [0.1, 0.15) is 22.0 Å². The van der Waals surface area contributed by atoms with Gasteiger partial charge in [0.25, 0.3) is 5.91 Å². The molecular weight excluding hydrogens is 442 g/mol. The first kappa shape index (κ1) is 20.3. The highest BCUT2D eigenvalue weighted by Crippen LogP contribution is 2.34. The van der Waals surface area contributed by atoms with Gasteiger partial charge >= 0.3 is 0 Å². The molecule has 2 aromatic heterocycles. The zero-order valence-electron chi connectivity index (χ0n) is 17.1. The van der Waals surface area contributed by atoms with Crippen LogP contribution in [0, 0.1) is 0 Å². The predicted molar refractivity (Wildman–Crippen MR) is 130 cm³/mol. The van der Waals surface area contributed by atoms with Gasteiger partial charge in [0.2, 0.25) is 0 Å². The lowest BCUT2D eigenvalue weighted by atomic mass is 10.1. The maximum Gasteiger partial charge on any atom is 0.265 e. The number of carbonyl (C=O) groups excluding carboxylic acids is 1. The van der Waals surface area contributed by atoms with E-state index in [1.807, 2.05) is 92.0 Å². The molecule has 0 aliphatic carbocycles. The number of halogens is 1. The van der Waals surface area contributed by atoms with Gasteiger partial charge in [-0.15, -0.1) is 11.3 Å². The molecule has 0 saturated heterocycles. The standard InChI is InChI=1S/C25H18ClN3O2S/c1-29-25-21(23(28-29)16-7-9-17(26)10-8-16)15-22(32-25)24(30)27-18-11-13-20(14-12-18)31-19-5-3-2-4-6-19/h2-15H,1H3,(H,27,30). The number of thiophene rings is 1. The molecule has 1 N–H and O–H groups in total. The molecule has 2 heterocycles. The summed E-state index contributed by atoms with van der Waals surface area (Å²) in [6.45, 7) is 0. The van der Waals surface area contributed by atoms with Crippen LogP contribution in [0.3, 0.4) is 0 Å². The van der Waals surface area contributed by atoms with Gasteiger partial charge in [0.15, 0.2) is 0 Å². The van der Waals surface area contributed by atoms with Crippen molar-refractivity contribution < 1.29 is 9.53 Å². The molecule has 5 rings (SSSR count). The van der Waals surface area contributed by atoms with Crippen molar-refractivity contribution in [2.45, 2.75) is 0 Å². The average Bonchev–Trinajstić information content (AvgIpc) is 3.37. The molecule has 0 atom stereocenters. The van der Waals surface area contributed by atoms with Crippen molar-refractivity contribution in [2.24, 2.45) is 7.05 Å². The predicted octanol–water partition coefficient (Wildman–Crippen LogP) is 7.00. The molecule has 158 valence electrons. The lowest BCUT2D eigenvalue weighted by Gasteiger charge is -2.07. The van der Waals surface area contributed by atoms with E-state index in [1.54, 1.807) is 4.68 Å². The molecule has 3 aromatic carbocycles. The zero-order chi connectivity index (χ0) is 22.1. The van der Waals surface area contributed by atoms with Gasteiger partial charge in [0.05, 0.1) is 4.88 Å². The van der Waals surface area contributed by atoms with Crippen molar-refractivity contribution in [3.63, 3.8) is 0 Å². The summed E-state index contributed by atoms with van der Waals surface area (Å²) in [5.41, 5.74) is 2.49. The Labute approximate surface area is 193 Å². The van der Waals surface area contributed by atoms with Crippen molar-refractivity contribution in [1.82, 2.24) is 9.78 Å². The average molecular weight is 460 g/mol. The molecule has 7 heteroatoms. The van der Waals surface area contributed by atoms with E-state index < -0.39 is 0 Å². The number of hydrogen-bond donors (Lipinski definition) is 1. The Hall–Kier alpha value is -3.61. The fourth-order valence-corrected chi connectivity index (χ4v) is 4.49. The zero-order valence-corrected chi connectivity index (χ0v) is 18.7. The second kappa shape index (κ2) is 8.49. The van der Waals surface area contributed by atoms with Crippen molar-refractivity contribution in [2.75, 3.05) is 5.32 Å². The molecule has 5 aromatic rings. The summed E-state index contributed by atoms with van der Waals surface area (Å²) in [4.78, 5) is 14.4. The molecule has 0 radical (unpaired) electrons. The third-order valence-electron chi connectivity index (χ3n) is 4.94. The Balaban J connectivity index is 1.35. The Morgan fingerprint density at radius 3 is 2.38 bits per heavy atom. The number of nitrogens with zero attached hydrogens (tertiary/aromatic N) is 2. The van der Waals surface area contributed by atoms with E-state index in [9.17, 15) is 4.79 Å². The maximum absolute atomic E-state index is 12.9. The van der Waals surface area contributed by atoms with E-state index >= 15 is 0 Å². The van der Waals surface area contributed by atoms with Crippen LogP contribution in [0.1, 0.15) is 9.67 Å². The van der Waals surface area contributed by atoms with E-state index in [1.165, 1.54) is 11.3 Å². The molecule has 0 spiro atoms. The van der Waals surface area contributed by atoms with Crippen molar-refractivity contribution >= 4 is 44.7 Å². The van der Waals surface area contributed by atoms with Gasteiger partial charge in [-0.05, 0) is 54.6 Å². The van der Waals surface area contributed by atoms with Crippen molar-refractivity contribution in [3.05, 3.63) is 94.8 Å². The second-order valence-corrected chi connectivity index (χ2v) is 8.67. The highest BCUT2D eigenvalue weighted by molar-refractivity contribution is 7.20. The number of amides is 1. The van der Waals surface area contributed by atoms with E-state index in [0.717, 1.165) is 27.2 Å². The lowest BCUT2D eigenvalue weighted by molar-refractivity contribution is 0.103. The minimum Gasteiger partial charge on any atom is -0.457 e. The third-order valence-corrected chi connectivity index (χ3v) is 6.40. The topological polar surface area (TPSA) is 56.2 Å². The number of benzene rings is 3.